The summed E-state index contributed by atoms with van der Waals surface area (Å²) in [5.74, 6) is -0.498. The second kappa shape index (κ2) is 4.50. The summed E-state index contributed by atoms with van der Waals surface area (Å²) in [7, 11) is 1.73. The largest absolute Gasteiger partial charge is 0.376 e. The van der Waals surface area contributed by atoms with Gasteiger partial charge in [0.1, 0.15) is 0 Å². The maximum absolute atomic E-state index is 11.2. The molecular weight excluding hydrogens is 220 g/mol. The zero-order valence-electron chi connectivity index (χ0n) is 10.4. The highest BCUT2D eigenvalue weighted by molar-refractivity contribution is 5.41. The molecule has 0 atom stereocenters. The third-order valence-corrected chi connectivity index (χ3v) is 2.72. The molecule has 2 heterocycles. The van der Waals surface area contributed by atoms with Gasteiger partial charge < -0.3 is 19.4 Å². The number of pyridine rings is 1. The monoisotopic (exact) mass is 238 g/mol. The molecule has 0 bridgehead atoms. The van der Waals surface area contributed by atoms with Crippen molar-refractivity contribution in [1.29, 1.82) is 0 Å². The minimum atomic E-state index is -0.498. The Balaban J connectivity index is 1.98. The molecule has 1 aliphatic heterocycles. The summed E-state index contributed by atoms with van der Waals surface area (Å²) < 4.78 is 12.6. The topological polar surface area (TPSA) is 52.5 Å². The van der Waals surface area contributed by atoms with Crippen molar-refractivity contribution in [2.75, 3.05) is 18.5 Å². The van der Waals surface area contributed by atoms with Gasteiger partial charge in [-0.1, -0.05) is 0 Å². The normalized spacial score (nSPS) is 20.2. The molecule has 1 aromatic heterocycles. The van der Waals surface area contributed by atoms with Gasteiger partial charge in [-0.2, -0.15) is 0 Å². The van der Waals surface area contributed by atoms with E-state index in [-0.39, 0.29) is 11.6 Å². The summed E-state index contributed by atoms with van der Waals surface area (Å²) in [4.78, 5) is 11.2. The second-order valence-electron chi connectivity index (χ2n) is 4.73. The number of aromatic nitrogens is 1. The number of hydrogen-bond acceptors (Lipinski definition) is 4. The lowest BCUT2D eigenvalue weighted by Crippen LogP contribution is -2.45. The van der Waals surface area contributed by atoms with E-state index in [1.807, 2.05) is 13.8 Å². The molecule has 17 heavy (non-hydrogen) atoms. The molecule has 0 unspecified atom stereocenters. The molecule has 2 rings (SSSR count). The maximum Gasteiger partial charge on any atom is 0.250 e. The minimum Gasteiger partial charge on any atom is -0.376 e. The standard InChI is InChI=1S/C12H18N2O3/c1-12(2)16-7-10(8-17-12)13-9-4-5-11(15)14(3)6-9/h4-6,10,13H,7-8H2,1-3H3. The van der Waals surface area contributed by atoms with Crippen LogP contribution in [0.25, 0.3) is 0 Å². The number of ether oxygens (including phenoxy) is 2. The van der Waals surface area contributed by atoms with Crippen LogP contribution in [0.4, 0.5) is 5.69 Å². The summed E-state index contributed by atoms with van der Waals surface area (Å²) in [5, 5.41) is 3.28. The fourth-order valence-corrected chi connectivity index (χ4v) is 1.69. The van der Waals surface area contributed by atoms with Gasteiger partial charge in [-0.05, 0) is 19.9 Å². The summed E-state index contributed by atoms with van der Waals surface area (Å²) in [6.45, 7) is 4.98. The fraction of sp³-hybridized carbons (Fsp3) is 0.583. The van der Waals surface area contributed by atoms with Crippen LogP contribution in [0.1, 0.15) is 13.8 Å². The van der Waals surface area contributed by atoms with Crippen molar-refractivity contribution in [3.8, 4) is 0 Å². The van der Waals surface area contributed by atoms with Crippen molar-refractivity contribution in [1.82, 2.24) is 4.57 Å². The lowest BCUT2D eigenvalue weighted by molar-refractivity contribution is -0.247. The highest BCUT2D eigenvalue weighted by Gasteiger charge is 2.28. The predicted molar refractivity (Wildman–Crippen MR) is 65.1 cm³/mol. The summed E-state index contributed by atoms with van der Waals surface area (Å²) in [6, 6.07) is 3.42. The van der Waals surface area contributed by atoms with Gasteiger partial charge in [-0.15, -0.1) is 0 Å². The Morgan fingerprint density at radius 3 is 2.59 bits per heavy atom. The quantitative estimate of drug-likeness (QED) is 0.833. The van der Waals surface area contributed by atoms with E-state index in [9.17, 15) is 4.79 Å². The van der Waals surface area contributed by atoms with Gasteiger partial charge in [0.25, 0.3) is 0 Å². The molecule has 94 valence electrons. The van der Waals surface area contributed by atoms with E-state index < -0.39 is 5.79 Å². The molecule has 1 aliphatic rings. The maximum atomic E-state index is 11.2. The average molecular weight is 238 g/mol. The highest BCUT2D eigenvalue weighted by atomic mass is 16.7. The van der Waals surface area contributed by atoms with E-state index in [0.717, 1.165) is 5.69 Å². The Hall–Kier alpha value is -1.33. The third kappa shape index (κ3) is 3.08. The van der Waals surface area contributed by atoms with E-state index in [1.165, 1.54) is 10.6 Å². The number of aryl methyl sites for hydroxylation is 1. The Bertz CT molecular complexity index is 443. The number of hydrogen-bond donors (Lipinski definition) is 1. The van der Waals surface area contributed by atoms with Gasteiger partial charge in [0.2, 0.25) is 5.56 Å². The molecule has 0 aliphatic carbocycles. The first kappa shape index (κ1) is 12.1. The van der Waals surface area contributed by atoms with Gasteiger partial charge in [-0.3, -0.25) is 4.79 Å². The van der Waals surface area contributed by atoms with Crippen molar-refractivity contribution >= 4 is 5.69 Å². The molecule has 0 radical (unpaired) electrons. The second-order valence-corrected chi connectivity index (χ2v) is 4.73. The Kier molecular flexibility index (Phi) is 3.22. The first-order valence-electron chi connectivity index (χ1n) is 5.67. The molecule has 0 amide bonds. The molecule has 0 spiro atoms. The Morgan fingerprint density at radius 2 is 2.00 bits per heavy atom. The summed E-state index contributed by atoms with van der Waals surface area (Å²) in [5.41, 5.74) is 0.872. The predicted octanol–water partition coefficient (Wildman–Crippen LogP) is 0.949. The van der Waals surface area contributed by atoms with E-state index >= 15 is 0 Å². The molecule has 0 aromatic carbocycles. The van der Waals surface area contributed by atoms with Crippen LogP contribution < -0.4 is 10.9 Å². The van der Waals surface area contributed by atoms with E-state index in [2.05, 4.69) is 5.32 Å². The van der Waals surface area contributed by atoms with Gasteiger partial charge in [0, 0.05) is 19.3 Å². The number of nitrogens with zero attached hydrogens (tertiary/aromatic N) is 1. The van der Waals surface area contributed by atoms with Crippen LogP contribution in [-0.4, -0.2) is 29.6 Å². The fourth-order valence-electron chi connectivity index (χ4n) is 1.69. The first-order valence-corrected chi connectivity index (χ1v) is 5.67. The van der Waals surface area contributed by atoms with Crippen LogP contribution in [0.5, 0.6) is 0 Å². The number of nitrogens with one attached hydrogen (secondary N) is 1. The molecule has 1 N–H and O–H groups in total. The van der Waals surface area contributed by atoms with Crippen LogP contribution in [-0.2, 0) is 16.5 Å². The Labute approximate surface area is 100 Å². The zero-order chi connectivity index (χ0) is 12.5. The average Bonchev–Trinajstić information content (AvgIpc) is 2.27. The molecule has 0 saturated carbocycles. The summed E-state index contributed by atoms with van der Waals surface area (Å²) in [6.07, 6.45) is 1.77. The van der Waals surface area contributed by atoms with E-state index in [1.54, 1.807) is 19.3 Å². The van der Waals surface area contributed by atoms with Crippen LogP contribution in [0.3, 0.4) is 0 Å². The van der Waals surface area contributed by atoms with Crippen LogP contribution in [0, 0.1) is 0 Å². The van der Waals surface area contributed by atoms with Crippen molar-refractivity contribution < 1.29 is 9.47 Å². The van der Waals surface area contributed by atoms with Gasteiger partial charge in [0.05, 0.1) is 24.9 Å². The van der Waals surface area contributed by atoms with E-state index in [4.69, 9.17) is 9.47 Å². The molecule has 5 heteroatoms. The minimum absolute atomic E-state index is 0.0205. The smallest absolute Gasteiger partial charge is 0.250 e. The first-order chi connectivity index (χ1) is 7.96. The van der Waals surface area contributed by atoms with Crippen molar-refractivity contribution in [2.24, 2.45) is 7.05 Å². The van der Waals surface area contributed by atoms with Gasteiger partial charge >= 0.3 is 0 Å². The molecule has 1 fully saturated rings. The van der Waals surface area contributed by atoms with Crippen LogP contribution >= 0.6 is 0 Å². The van der Waals surface area contributed by atoms with Crippen molar-refractivity contribution in [3.05, 3.63) is 28.7 Å². The van der Waals surface area contributed by atoms with Crippen molar-refractivity contribution in [2.45, 2.75) is 25.7 Å². The number of anilines is 1. The highest BCUT2D eigenvalue weighted by Crippen LogP contribution is 2.19. The molecular formula is C12H18N2O3. The van der Waals surface area contributed by atoms with Crippen molar-refractivity contribution in [3.63, 3.8) is 0 Å². The van der Waals surface area contributed by atoms with Crippen LogP contribution in [0.15, 0.2) is 23.1 Å². The summed E-state index contributed by atoms with van der Waals surface area (Å²) >= 11 is 0. The molecule has 5 nitrogen and oxygen atoms in total. The Morgan fingerprint density at radius 1 is 1.35 bits per heavy atom. The van der Waals surface area contributed by atoms with Crippen LogP contribution in [0.2, 0.25) is 0 Å². The molecule has 1 aromatic rings. The SMILES string of the molecule is Cn1cc(NC2COC(C)(C)OC2)ccc1=O. The van der Waals surface area contributed by atoms with Gasteiger partial charge in [-0.25, -0.2) is 0 Å². The van der Waals surface area contributed by atoms with E-state index in [0.29, 0.717) is 13.2 Å². The lowest BCUT2D eigenvalue weighted by Gasteiger charge is -2.35. The van der Waals surface area contributed by atoms with Gasteiger partial charge in [0.15, 0.2) is 5.79 Å². The zero-order valence-corrected chi connectivity index (χ0v) is 10.4. The third-order valence-electron chi connectivity index (χ3n) is 2.72. The number of rotatable bonds is 2. The lowest BCUT2D eigenvalue weighted by atomic mass is 10.2. The molecule has 1 saturated heterocycles.